The van der Waals surface area contributed by atoms with Gasteiger partial charge in [0.1, 0.15) is 0 Å². The zero-order chi connectivity index (χ0) is 34.2. The van der Waals surface area contributed by atoms with Crippen molar-refractivity contribution in [2.45, 2.75) is 18.9 Å². The van der Waals surface area contributed by atoms with Gasteiger partial charge in [0.25, 0.3) is 0 Å². The third-order valence-electron chi connectivity index (χ3n) is 11.0. The van der Waals surface area contributed by atoms with Gasteiger partial charge >= 0.3 is 0 Å². The quantitative estimate of drug-likeness (QED) is 0.200. The van der Waals surface area contributed by atoms with Gasteiger partial charge in [-0.15, -0.1) is 0 Å². The molecule has 52 heavy (non-hydrogen) atoms. The lowest BCUT2D eigenvalue weighted by atomic mass is 9.96. The molecule has 3 heterocycles. The summed E-state index contributed by atoms with van der Waals surface area (Å²) in [5, 5.41) is 10.2. The molecule has 2 aromatic heterocycles. The maximum atomic E-state index is 5.34. The SMILES string of the molecule is C1=Cc2c(n(C3=Nc4ccccc4C(c4ccccc4)N3)c3cc4c(cc23)c2c3ccccc3ccc2n4-c2ccc(-c3ccccc3)cc2)CC1. The molecule has 9 aromatic rings. The molecule has 11 rings (SSSR count). The van der Waals surface area contributed by atoms with Crippen molar-refractivity contribution in [2.24, 2.45) is 4.99 Å². The van der Waals surface area contributed by atoms with Crippen molar-refractivity contribution in [3.05, 3.63) is 186 Å². The minimum absolute atomic E-state index is 0.0122. The highest BCUT2D eigenvalue weighted by molar-refractivity contribution is 6.24. The first-order valence-corrected chi connectivity index (χ1v) is 18.2. The Morgan fingerprint density at radius 3 is 2.17 bits per heavy atom. The summed E-state index contributed by atoms with van der Waals surface area (Å²) in [6.45, 7) is 0. The van der Waals surface area contributed by atoms with Crippen LogP contribution >= 0.6 is 0 Å². The minimum Gasteiger partial charge on any atom is -0.344 e. The van der Waals surface area contributed by atoms with Crippen LogP contribution in [0.15, 0.2) is 169 Å². The van der Waals surface area contributed by atoms with Gasteiger partial charge in [-0.2, -0.15) is 0 Å². The predicted octanol–water partition coefficient (Wildman–Crippen LogP) is 11.7. The van der Waals surface area contributed by atoms with Crippen molar-refractivity contribution >= 4 is 61.2 Å². The van der Waals surface area contributed by atoms with Crippen LogP contribution in [0.5, 0.6) is 0 Å². The van der Waals surface area contributed by atoms with Crippen LogP contribution < -0.4 is 5.32 Å². The number of rotatable bonds is 3. The van der Waals surface area contributed by atoms with Gasteiger partial charge in [-0.05, 0) is 76.7 Å². The Bertz CT molecular complexity index is 2910. The van der Waals surface area contributed by atoms with E-state index < -0.39 is 0 Å². The first-order chi connectivity index (χ1) is 25.8. The lowest BCUT2D eigenvalue weighted by Gasteiger charge is -2.29. The van der Waals surface area contributed by atoms with Crippen LogP contribution in [0.4, 0.5) is 5.69 Å². The first kappa shape index (κ1) is 29.1. The summed E-state index contributed by atoms with van der Waals surface area (Å²) < 4.78 is 4.87. The summed E-state index contributed by atoms with van der Waals surface area (Å²) in [7, 11) is 0. The van der Waals surface area contributed by atoms with Crippen LogP contribution in [-0.2, 0) is 6.42 Å². The third kappa shape index (κ3) is 4.37. The number of fused-ring (bicyclic) bond motifs is 9. The van der Waals surface area contributed by atoms with Crippen LogP contribution in [0.2, 0.25) is 0 Å². The molecular formula is C48H34N4. The summed E-state index contributed by atoms with van der Waals surface area (Å²) in [5.74, 6) is 0.869. The number of aliphatic imine (C=N–C) groups is 1. The summed E-state index contributed by atoms with van der Waals surface area (Å²) in [4.78, 5) is 5.34. The highest BCUT2D eigenvalue weighted by Gasteiger charge is 2.29. The number of nitrogens with one attached hydrogen (secondary N) is 1. The lowest BCUT2D eigenvalue weighted by molar-refractivity contribution is 0.721. The van der Waals surface area contributed by atoms with E-state index >= 15 is 0 Å². The van der Waals surface area contributed by atoms with Gasteiger partial charge in [0, 0.05) is 38.7 Å². The Hall–Kier alpha value is -6.65. The summed E-state index contributed by atoms with van der Waals surface area (Å²) >= 11 is 0. The van der Waals surface area contributed by atoms with E-state index in [-0.39, 0.29) is 6.04 Å². The molecular weight excluding hydrogens is 633 g/mol. The predicted molar refractivity (Wildman–Crippen MR) is 217 cm³/mol. The number of hydrogen-bond acceptors (Lipinski definition) is 2. The molecule has 1 unspecified atom stereocenters. The second-order valence-corrected chi connectivity index (χ2v) is 13.9. The van der Waals surface area contributed by atoms with E-state index in [0.29, 0.717) is 0 Å². The fraction of sp³-hybridized carbons (Fsp3) is 0.0625. The molecule has 246 valence electrons. The minimum atomic E-state index is -0.0122. The van der Waals surface area contributed by atoms with Gasteiger partial charge in [-0.3, -0.25) is 4.57 Å². The molecule has 1 atom stereocenters. The van der Waals surface area contributed by atoms with Crippen LogP contribution in [-0.4, -0.2) is 15.1 Å². The molecule has 0 radical (unpaired) electrons. The monoisotopic (exact) mass is 666 g/mol. The summed E-state index contributed by atoms with van der Waals surface area (Å²) in [6, 6.07) is 57.1. The molecule has 1 aliphatic heterocycles. The lowest BCUT2D eigenvalue weighted by Crippen LogP contribution is -2.37. The Labute approximate surface area is 301 Å². The molecule has 0 spiro atoms. The number of aromatic nitrogens is 2. The van der Waals surface area contributed by atoms with Crippen LogP contribution in [0.1, 0.15) is 34.8 Å². The van der Waals surface area contributed by atoms with E-state index in [4.69, 9.17) is 4.99 Å². The van der Waals surface area contributed by atoms with E-state index in [2.05, 4.69) is 184 Å². The van der Waals surface area contributed by atoms with Gasteiger partial charge in [0.2, 0.25) is 5.96 Å². The topological polar surface area (TPSA) is 34.2 Å². The van der Waals surface area contributed by atoms with E-state index in [9.17, 15) is 0 Å². The zero-order valence-electron chi connectivity index (χ0n) is 28.5. The maximum absolute atomic E-state index is 5.34. The maximum Gasteiger partial charge on any atom is 0.209 e. The zero-order valence-corrected chi connectivity index (χ0v) is 28.5. The number of hydrogen-bond donors (Lipinski definition) is 1. The van der Waals surface area contributed by atoms with Gasteiger partial charge in [0.05, 0.1) is 28.3 Å². The molecule has 0 fully saturated rings. The highest BCUT2D eigenvalue weighted by atomic mass is 15.2. The molecule has 0 saturated carbocycles. The van der Waals surface area contributed by atoms with Gasteiger partial charge in [0.15, 0.2) is 0 Å². The third-order valence-corrected chi connectivity index (χ3v) is 11.0. The smallest absolute Gasteiger partial charge is 0.209 e. The highest BCUT2D eigenvalue weighted by Crippen LogP contribution is 2.43. The second-order valence-electron chi connectivity index (χ2n) is 13.9. The average Bonchev–Trinajstić information content (AvgIpc) is 3.72. The standard InChI is InChI=1S/C48H34N4/c1-3-13-31(14-4-1)32-23-26-35(27-24-32)51-43-28-25-33-15-7-8-18-36(33)46(43)40-29-39-37-19-10-12-22-42(37)52(44(39)30-45(40)51)48-49-41-21-11-9-20-38(41)47(50-48)34-16-5-2-6-17-34/h1-11,13-21,23-30,47H,12,22H2,(H,49,50). The fourth-order valence-corrected chi connectivity index (χ4v) is 8.66. The number of nitrogens with zero attached hydrogens (tertiary/aromatic N) is 3. The largest absolute Gasteiger partial charge is 0.344 e. The first-order valence-electron chi connectivity index (χ1n) is 18.2. The second kappa shape index (κ2) is 11.4. The van der Waals surface area contributed by atoms with E-state index in [0.717, 1.165) is 35.7 Å². The van der Waals surface area contributed by atoms with Crippen molar-refractivity contribution in [2.75, 3.05) is 0 Å². The Kier molecular flexibility index (Phi) is 6.41. The number of para-hydroxylation sites is 1. The molecule has 7 aromatic carbocycles. The molecule has 0 amide bonds. The van der Waals surface area contributed by atoms with Crippen LogP contribution in [0.3, 0.4) is 0 Å². The van der Waals surface area contributed by atoms with E-state index in [1.807, 2.05) is 0 Å². The molecule has 4 nitrogen and oxygen atoms in total. The molecule has 1 aliphatic carbocycles. The van der Waals surface area contributed by atoms with Crippen molar-refractivity contribution in [1.29, 1.82) is 0 Å². The van der Waals surface area contributed by atoms with Crippen molar-refractivity contribution in [3.8, 4) is 16.8 Å². The Morgan fingerprint density at radius 1 is 0.577 bits per heavy atom. The van der Waals surface area contributed by atoms with E-state index in [1.165, 1.54) is 71.5 Å². The van der Waals surface area contributed by atoms with Gasteiger partial charge in [-0.1, -0.05) is 133 Å². The Morgan fingerprint density at radius 2 is 1.31 bits per heavy atom. The van der Waals surface area contributed by atoms with E-state index in [1.54, 1.807) is 0 Å². The van der Waals surface area contributed by atoms with Crippen LogP contribution in [0.25, 0.3) is 66.4 Å². The molecule has 0 saturated heterocycles. The normalized spacial score (nSPS) is 15.2. The summed E-state index contributed by atoms with van der Waals surface area (Å²) in [5.41, 5.74) is 13.1. The number of benzene rings is 7. The van der Waals surface area contributed by atoms with Gasteiger partial charge in [-0.25, -0.2) is 4.99 Å². The van der Waals surface area contributed by atoms with Crippen molar-refractivity contribution < 1.29 is 0 Å². The Balaban J connectivity index is 1.20. The molecule has 1 N–H and O–H groups in total. The number of allylic oxidation sites excluding steroid dienone is 1. The molecule has 0 bridgehead atoms. The van der Waals surface area contributed by atoms with Crippen LogP contribution in [0, 0.1) is 0 Å². The van der Waals surface area contributed by atoms with Gasteiger partial charge < -0.3 is 9.88 Å². The van der Waals surface area contributed by atoms with Crippen molar-refractivity contribution in [1.82, 2.24) is 14.5 Å². The fourth-order valence-electron chi connectivity index (χ4n) is 8.66. The molecule has 2 aliphatic rings. The average molecular weight is 667 g/mol. The summed E-state index contributed by atoms with van der Waals surface area (Å²) in [6.07, 6.45) is 6.60. The molecule has 4 heteroatoms. The van der Waals surface area contributed by atoms with Crippen molar-refractivity contribution in [3.63, 3.8) is 0 Å².